The molecule has 1 amide bonds. The van der Waals surface area contributed by atoms with Gasteiger partial charge < -0.3 is 10.2 Å². The van der Waals surface area contributed by atoms with Crippen molar-refractivity contribution in [3.8, 4) is 0 Å². The molecule has 136 valence electrons. The quantitative estimate of drug-likeness (QED) is 0.852. The van der Waals surface area contributed by atoms with E-state index in [0.29, 0.717) is 29.4 Å². The minimum absolute atomic E-state index is 0. The van der Waals surface area contributed by atoms with Crippen molar-refractivity contribution in [3.63, 3.8) is 0 Å². The molecule has 0 bridgehead atoms. The van der Waals surface area contributed by atoms with E-state index in [2.05, 4.69) is 10.4 Å². The van der Waals surface area contributed by atoms with Crippen LogP contribution in [0.3, 0.4) is 0 Å². The lowest BCUT2D eigenvalue weighted by Crippen LogP contribution is -2.54. The van der Waals surface area contributed by atoms with Crippen molar-refractivity contribution in [3.05, 3.63) is 52.3 Å². The molecule has 0 unspecified atom stereocenters. The van der Waals surface area contributed by atoms with E-state index in [1.807, 2.05) is 12.3 Å². The van der Waals surface area contributed by atoms with Crippen molar-refractivity contribution in [2.24, 2.45) is 0 Å². The standard InChI is InChI=1S/C17H20Cl2N4O.ClH/c1-22(12-13-14(18)4-2-5-15(13)19)16(24)17(6-9-20-10-7-17)23-11-3-8-21-23;/h2-5,8,11,20H,6-7,9-10,12H2,1H3;1H. The molecule has 2 heterocycles. The first-order valence-corrected chi connectivity index (χ1v) is 8.69. The predicted octanol–water partition coefficient (Wildman–Crippen LogP) is 3.35. The molecule has 1 aliphatic rings. The molecule has 0 spiro atoms. The molecule has 1 saturated heterocycles. The van der Waals surface area contributed by atoms with E-state index in [1.165, 1.54) is 0 Å². The molecular formula is C17H21Cl3N4O. The van der Waals surface area contributed by atoms with Gasteiger partial charge in [-0.3, -0.25) is 9.48 Å². The largest absolute Gasteiger partial charge is 0.339 e. The number of benzene rings is 1. The summed E-state index contributed by atoms with van der Waals surface area (Å²) in [5.74, 6) is 0.0312. The molecule has 1 aromatic heterocycles. The third-order valence-electron chi connectivity index (χ3n) is 4.58. The summed E-state index contributed by atoms with van der Waals surface area (Å²) < 4.78 is 1.79. The van der Waals surface area contributed by atoms with E-state index in [0.717, 1.165) is 18.7 Å². The van der Waals surface area contributed by atoms with Crippen LogP contribution in [0.4, 0.5) is 0 Å². The summed E-state index contributed by atoms with van der Waals surface area (Å²) in [6, 6.07) is 7.22. The Labute approximate surface area is 163 Å². The molecule has 0 saturated carbocycles. The minimum atomic E-state index is -0.656. The fourth-order valence-corrected chi connectivity index (χ4v) is 3.77. The van der Waals surface area contributed by atoms with Crippen molar-refractivity contribution >= 4 is 41.5 Å². The number of nitrogens with one attached hydrogen (secondary N) is 1. The SMILES string of the molecule is CN(Cc1c(Cl)cccc1Cl)C(=O)C1(n2cccn2)CCNCC1.Cl. The Morgan fingerprint density at radius 3 is 2.48 bits per heavy atom. The van der Waals surface area contributed by atoms with Crippen molar-refractivity contribution in [1.82, 2.24) is 20.0 Å². The number of likely N-dealkylation sites (N-methyl/N-ethyl adjacent to an activating group) is 1. The summed E-state index contributed by atoms with van der Waals surface area (Å²) in [5, 5.41) is 8.80. The summed E-state index contributed by atoms with van der Waals surface area (Å²) in [6.45, 7) is 1.94. The number of carbonyl (C=O) groups is 1. The number of piperidine rings is 1. The average Bonchev–Trinajstić information content (AvgIpc) is 3.13. The second-order valence-electron chi connectivity index (χ2n) is 6.09. The van der Waals surface area contributed by atoms with Crippen LogP contribution in [-0.2, 0) is 16.9 Å². The van der Waals surface area contributed by atoms with Gasteiger partial charge in [0.1, 0.15) is 5.54 Å². The normalized spacial score (nSPS) is 16.1. The summed E-state index contributed by atoms with van der Waals surface area (Å²) in [6.07, 6.45) is 4.98. The van der Waals surface area contributed by atoms with E-state index in [-0.39, 0.29) is 18.3 Å². The number of halogens is 3. The highest BCUT2D eigenvalue weighted by molar-refractivity contribution is 6.36. The second-order valence-corrected chi connectivity index (χ2v) is 6.91. The van der Waals surface area contributed by atoms with E-state index < -0.39 is 5.54 Å². The molecule has 0 radical (unpaired) electrons. The van der Waals surface area contributed by atoms with E-state index in [4.69, 9.17) is 23.2 Å². The molecule has 1 aliphatic heterocycles. The van der Waals surface area contributed by atoms with Crippen molar-refractivity contribution in [2.45, 2.75) is 24.9 Å². The van der Waals surface area contributed by atoms with Crippen LogP contribution in [0.15, 0.2) is 36.7 Å². The fraction of sp³-hybridized carbons (Fsp3) is 0.412. The summed E-state index contributed by atoms with van der Waals surface area (Å²) in [7, 11) is 1.79. The van der Waals surface area contributed by atoms with Crippen molar-refractivity contribution in [2.75, 3.05) is 20.1 Å². The lowest BCUT2D eigenvalue weighted by Gasteiger charge is -2.39. The van der Waals surface area contributed by atoms with Gasteiger partial charge in [-0.05, 0) is 44.1 Å². The van der Waals surface area contributed by atoms with Crippen LogP contribution in [0.5, 0.6) is 0 Å². The Bertz CT molecular complexity index is 694. The van der Waals surface area contributed by atoms with Gasteiger partial charge in [0.05, 0.1) is 0 Å². The van der Waals surface area contributed by atoms with Gasteiger partial charge in [0, 0.05) is 41.6 Å². The summed E-state index contributed by atoms with van der Waals surface area (Å²) in [5.41, 5.74) is 0.110. The topological polar surface area (TPSA) is 50.2 Å². The number of hydrogen-bond donors (Lipinski definition) is 1. The maximum Gasteiger partial charge on any atom is 0.250 e. The van der Waals surface area contributed by atoms with Gasteiger partial charge in [0.25, 0.3) is 5.91 Å². The first-order chi connectivity index (χ1) is 11.5. The average molecular weight is 404 g/mol. The molecule has 8 heteroatoms. The van der Waals surface area contributed by atoms with Crippen molar-refractivity contribution in [1.29, 1.82) is 0 Å². The molecule has 1 aromatic carbocycles. The molecule has 1 fully saturated rings. The van der Waals surface area contributed by atoms with Gasteiger partial charge >= 0.3 is 0 Å². The van der Waals surface area contributed by atoms with Crippen LogP contribution in [0.1, 0.15) is 18.4 Å². The Morgan fingerprint density at radius 2 is 1.92 bits per heavy atom. The van der Waals surface area contributed by atoms with E-state index in [9.17, 15) is 4.79 Å². The van der Waals surface area contributed by atoms with Crippen LogP contribution < -0.4 is 5.32 Å². The molecule has 1 N–H and O–H groups in total. The maximum absolute atomic E-state index is 13.3. The summed E-state index contributed by atoms with van der Waals surface area (Å²) >= 11 is 12.5. The zero-order valence-electron chi connectivity index (χ0n) is 13.9. The first-order valence-electron chi connectivity index (χ1n) is 7.94. The molecule has 0 aliphatic carbocycles. The Morgan fingerprint density at radius 1 is 1.28 bits per heavy atom. The third kappa shape index (κ3) is 3.95. The van der Waals surface area contributed by atoms with E-state index >= 15 is 0 Å². The van der Waals surface area contributed by atoms with Crippen LogP contribution in [0.25, 0.3) is 0 Å². The molecule has 2 aromatic rings. The van der Waals surface area contributed by atoms with Crippen molar-refractivity contribution < 1.29 is 4.79 Å². The predicted molar refractivity (Wildman–Crippen MR) is 102 cm³/mol. The Balaban J connectivity index is 0.00000225. The number of hydrogen-bond acceptors (Lipinski definition) is 3. The fourth-order valence-electron chi connectivity index (χ4n) is 3.25. The number of carbonyl (C=O) groups excluding carboxylic acids is 1. The molecular weight excluding hydrogens is 383 g/mol. The third-order valence-corrected chi connectivity index (χ3v) is 5.28. The minimum Gasteiger partial charge on any atom is -0.339 e. The number of aromatic nitrogens is 2. The monoisotopic (exact) mass is 402 g/mol. The van der Waals surface area contributed by atoms with Gasteiger partial charge in [-0.2, -0.15) is 5.10 Å². The van der Waals surface area contributed by atoms with Gasteiger partial charge in [-0.1, -0.05) is 29.3 Å². The zero-order chi connectivity index (χ0) is 17.2. The van der Waals surface area contributed by atoms with E-state index in [1.54, 1.807) is 41.0 Å². The van der Waals surface area contributed by atoms with Gasteiger partial charge in [-0.25, -0.2) is 0 Å². The lowest BCUT2D eigenvalue weighted by atomic mass is 9.86. The molecule has 5 nitrogen and oxygen atoms in total. The maximum atomic E-state index is 13.3. The van der Waals surface area contributed by atoms with Crippen LogP contribution in [0, 0.1) is 0 Å². The smallest absolute Gasteiger partial charge is 0.250 e. The van der Waals surface area contributed by atoms with Gasteiger partial charge in [0.15, 0.2) is 0 Å². The van der Waals surface area contributed by atoms with Crippen LogP contribution >= 0.6 is 35.6 Å². The van der Waals surface area contributed by atoms with Crippen LogP contribution in [-0.4, -0.2) is 40.7 Å². The second kappa shape index (κ2) is 8.41. The number of rotatable bonds is 4. The highest BCUT2D eigenvalue weighted by Gasteiger charge is 2.43. The summed E-state index contributed by atoms with van der Waals surface area (Å²) in [4.78, 5) is 15.0. The molecule has 25 heavy (non-hydrogen) atoms. The Hall–Kier alpha value is -1.27. The number of amides is 1. The van der Waals surface area contributed by atoms with Gasteiger partial charge in [-0.15, -0.1) is 12.4 Å². The Kier molecular flexibility index (Phi) is 6.74. The zero-order valence-corrected chi connectivity index (χ0v) is 16.2. The van der Waals surface area contributed by atoms with Crippen LogP contribution in [0.2, 0.25) is 10.0 Å². The molecule has 3 rings (SSSR count). The molecule has 0 atom stereocenters. The lowest BCUT2D eigenvalue weighted by molar-refractivity contribution is -0.142. The number of nitrogens with zero attached hydrogens (tertiary/aromatic N) is 3. The highest BCUT2D eigenvalue weighted by Crippen LogP contribution is 2.31. The first kappa shape index (κ1) is 20.0. The highest BCUT2D eigenvalue weighted by atomic mass is 35.5. The van der Waals surface area contributed by atoms with Gasteiger partial charge in [0.2, 0.25) is 0 Å².